The van der Waals surface area contributed by atoms with Crippen LogP contribution < -0.4 is 10.5 Å². The Bertz CT molecular complexity index is 520. The van der Waals surface area contributed by atoms with Crippen LogP contribution in [0.1, 0.15) is 5.56 Å². The number of nitrogens with zero attached hydrogens (tertiary/aromatic N) is 4. The summed E-state index contributed by atoms with van der Waals surface area (Å²) in [5, 5.41) is 11.3. The number of rotatable bonds is 3. The highest BCUT2D eigenvalue weighted by atomic mass is 16.5. The molecule has 0 bridgehead atoms. The summed E-state index contributed by atoms with van der Waals surface area (Å²) < 4.78 is 6.88. The fourth-order valence-corrected chi connectivity index (χ4v) is 1.15. The zero-order valence-corrected chi connectivity index (χ0v) is 8.58. The van der Waals surface area contributed by atoms with Crippen molar-refractivity contribution in [2.75, 3.05) is 0 Å². The van der Waals surface area contributed by atoms with Crippen LogP contribution in [-0.2, 0) is 7.05 Å². The van der Waals surface area contributed by atoms with Gasteiger partial charge in [-0.1, -0.05) is 0 Å². The molecule has 3 N–H and O–H groups in total. The maximum absolute atomic E-state index is 7.37. The van der Waals surface area contributed by atoms with Gasteiger partial charge >= 0.3 is 6.01 Å². The van der Waals surface area contributed by atoms with Gasteiger partial charge < -0.3 is 10.5 Å². The topological polar surface area (TPSA) is 103 Å². The predicted molar refractivity (Wildman–Crippen MR) is 56.3 cm³/mol. The summed E-state index contributed by atoms with van der Waals surface area (Å²) in [4.78, 5) is 7.79. The van der Waals surface area contributed by atoms with E-state index in [1.165, 1.54) is 23.4 Å². The Labute approximate surface area is 91.4 Å². The van der Waals surface area contributed by atoms with Crippen molar-refractivity contribution < 1.29 is 4.74 Å². The number of hydrogen-bond donors (Lipinski definition) is 2. The molecule has 2 aromatic rings. The van der Waals surface area contributed by atoms with Crippen molar-refractivity contribution in [1.29, 1.82) is 5.41 Å². The Morgan fingerprint density at radius 3 is 3.00 bits per heavy atom. The van der Waals surface area contributed by atoms with Crippen LogP contribution in [0, 0.1) is 5.41 Å². The molecular weight excluding hydrogens is 208 g/mol. The number of aromatic nitrogens is 4. The molecule has 82 valence electrons. The maximum Gasteiger partial charge on any atom is 0.341 e. The normalized spacial score (nSPS) is 10.1. The van der Waals surface area contributed by atoms with Crippen LogP contribution in [-0.4, -0.2) is 25.6 Å². The molecule has 2 rings (SSSR count). The Hall–Kier alpha value is -2.44. The third-order valence-corrected chi connectivity index (χ3v) is 1.85. The second kappa shape index (κ2) is 3.97. The summed E-state index contributed by atoms with van der Waals surface area (Å²) >= 11 is 0. The van der Waals surface area contributed by atoms with E-state index in [1.54, 1.807) is 13.1 Å². The van der Waals surface area contributed by atoms with E-state index in [1.807, 2.05) is 0 Å². The first kappa shape index (κ1) is 10.1. The molecule has 7 heteroatoms. The number of aryl methyl sites for hydroxylation is 1. The van der Waals surface area contributed by atoms with Gasteiger partial charge in [-0.2, -0.15) is 4.98 Å². The summed E-state index contributed by atoms with van der Waals surface area (Å²) in [5.74, 6) is 0.273. The van der Waals surface area contributed by atoms with Crippen LogP contribution in [0.25, 0.3) is 0 Å². The fourth-order valence-electron chi connectivity index (χ4n) is 1.15. The van der Waals surface area contributed by atoms with Gasteiger partial charge in [0.25, 0.3) is 0 Å². The van der Waals surface area contributed by atoms with Crippen LogP contribution >= 0.6 is 0 Å². The van der Waals surface area contributed by atoms with Gasteiger partial charge in [-0.05, 0) is 6.07 Å². The summed E-state index contributed by atoms with van der Waals surface area (Å²) in [6.45, 7) is 0. The molecule has 2 heterocycles. The largest absolute Gasteiger partial charge is 0.421 e. The zero-order chi connectivity index (χ0) is 11.5. The van der Waals surface area contributed by atoms with Gasteiger partial charge in [0.2, 0.25) is 0 Å². The summed E-state index contributed by atoms with van der Waals surface area (Å²) in [6, 6.07) is 1.79. The first-order chi connectivity index (χ1) is 7.66. The van der Waals surface area contributed by atoms with Crippen molar-refractivity contribution in [2.24, 2.45) is 12.8 Å². The molecule has 0 saturated heterocycles. The summed E-state index contributed by atoms with van der Waals surface area (Å²) in [7, 11) is 1.73. The monoisotopic (exact) mass is 218 g/mol. The van der Waals surface area contributed by atoms with E-state index < -0.39 is 0 Å². The molecule has 0 saturated carbocycles. The molecule has 0 aliphatic rings. The Morgan fingerprint density at radius 1 is 1.56 bits per heavy atom. The van der Waals surface area contributed by atoms with Gasteiger partial charge in [-0.3, -0.25) is 15.1 Å². The number of nitrogens with one attached hydrogen (secondary N) is 1. The Morgan fingerprint density at radius 2 is 2.38 bits per heavy atom. The van der Waals surface area contributed by atoms with Crippen molar-refractivity contribution in [1.82, 2.24) is 19.7 Å². The van der Waals surface area contributed by atoms with Crippen molar-refractivity contribution >= 4 is 5.84 Å². The highest BCUT2D eigenvalue weighted by Gasteiger charge is 2.09. The number of pyridine rings is 1. The van der Waals surface area contributed by atoms with Gasteiger partial charge in [0, 0.05) is 13.2 Å². The lowest BCUT2D eigenvalue weighted by Crippen LogP contribution is -2.12. The van der Waals surface area contributed by atoms with Crippen LogP contribution in [0.3, 0.4) is 0 Å². The van der Waals surface area contributed by atoms with Gasteiger partial charge in [0.1, 0.15) is 12.2 Å². The van der Waals surface area contributed by atoms with E-state index >= 15 is 0 Å². The first-order valence-electron chi connectivity index (χ1n) is 4.48. The van der Waals surface area contributed by atoms with Crippen LogP contribution in [0.5, 0.6) is 11.8 Å². The molecule has 0 atom stereocenters. The molecule has 0 aliphatic carbocycles. The minimum absolute atomic E-state index is 0.0895. The molecule has 0 spiro atoms. The molecule has 2 aromatic heterocycles. The number of nitrogen functional groups attached to an aromatic ring is 1. The lowest BCUT2D eigenvalue weighted by Gasteiger charge is -2.05. The van der Waals surface area contributed by atoms with Crippen molar-refractivity contribution in [3.05, 3.63) is 30.4 Å². The number of nitrogens with two attached hydrogens (primary N) is 1. The third kappa shape index (κ3) is 1.97. The van der Waals surface area contributed by atoms with E-state index in [0.29, 0.717) is 11.3 Å². The number of ether oxygens (including phenoxy) is 1. The lowest BCUT2D eigenvalue weighted by atomic mass is 10.2. The molecular formula is C9H10N6O. The standard InChI is InChI=1S/C9H10N6O/c1-15-5-13-9(14-15)16-7-4-12-3-2-6(7)8(10)11/h2-5H,1H3,(H3,10,11). The van der Waals surface area contributed by atoms with Crippen LogP contribution in [0.2, 0.25) is 0 Å². The van der Waals surface area contributed by atoms with E-state index in [4.69, 9.17) is 15.9 Å². The minimum atomic E-state index is -0.0895. The number of amidine groups is 1. The van der Waals surface area contributed by atoms with Crippen LogP contribution in [0.15, 0.2) is 24.8 Å². The molecule has 0 aliphatic heterocycles. The molecule has 0 radical (unpaired) electrons. The van der Waals surface area contributed by atoms with E-state index in [2.05, 4.69) is 15.1 Å². The molecule has 7 nitrogen and oxygen atoms in total. The Balaban J connectivity index is 2.31. The Kier molecular flexibility index (Phi) is 2.50. The SMILES string of the molecule is Cn1cnc(Oc2cnccc2C(=N)N)n1. The molecule has 16 heavy (non-hydrogen) atoms. The van der Waals surface area contributed by atoms with Gasteiger partial charge in [-0.15, -0.1) is 5.10 Å². The molecule has 0 fully saturated rings. The van der Waals surface area contributed by atoms with E-state index in [0.717, 1.165) is 0 Å². The summed E-state index contributed by atoms with van der Waals surface area (Å²) in [6.07, 6.45) is 4.52. The molecule has 0 amide bonds. The van der Waals surface area contributed by atoms with Gasteiger partial charge in [0.15, 0.2) is 5.75 Å². The molecule has 0 aromatic carbocycles. The van der Waals surface area contributed by atoms with E-state index in [-0.39, 0.29) is 11.8 Å². The average Bonchev–Trinajstić information content (AvgIpc) is 2.64. The average molecular weight is 218 g/mol. The zero-order valence-electron chi connectivity index (χ0n) is 8.58. The quantitative estimate of drug-likeness (QED) is 0.569. The number of hydrogen-bond acceptors (Lipinski definition) is 5. The molecule has 0 unspecified atom stereocenters. The van der Waals surface area contributed by atoms with Gasteiger partial charge in [0.05, 0.1) is 11.8 Å². The van der Waals surface area contributed by atoms with Crippen LogP contribution in [0.4, 0.5) is 0 Å². The predicted octanol–water partition coefficient (Wildman–Crippen LogP) is 0.286. The summed E-state index contributed by atoms with van der Waals surface area (Å²) in [5.41, 5.74) is 5.86. The first-order valence-corrected chi connectivity index (χ1v) is 4.48. The van der Waals surface area contributed by atoms with Gasteiger partial charge in [-0.25, -0.2) is 0 Å². The third-order valence-electron chi connectivity index (χ3n) is 1.85. The smallest absolute Gasteiger partial charge is 0.341 e. The van der Waals surface area contributed by atoms with Crippen molar-refractivity contribution in [3.8, 4) is 11.8 Å². The highest BCUT2D eigenvalue weighted by molar-refractivity contribution is 5.97. The second-order valence-electron chi connectivity index (χ2n) is 3.09. The van der Waals surface area contributed by atoms with Crippen molar-refractivity contribution in [2.45, 2.75) is 0 Å². The second-order valence-corrected chi connectivity index (χ2v) is 3.09. The lowest BCUT2D eigenvalue weighted by molar-refractivity contribution is 0.436. The maximum atomic E-state index is 7.37. The highest BCUT2D eigenvalue weighted by Crippen LogP contribution is 2.20. The van der Waals surface area contributed by atoms with Crippen molar-refractivity contribution in [3.63, 3.8) is 0 Å². The minimum Gasteiger partial charge on any atom is -0.421 e. The van der Waals surface area contributed by atoms with E-state index in [9.17, 15) is 0 Å². The fraction of sp³-hybridized carbons (Fsp3) is 0.111.